The summed E-state index contributed by atoms with van der Waals surface area (Å²) in [5.74, 6) is 1.07. The molecule has 3 rings (SSSR count). The zero-order chi connectivity index (χ0) is 14.7. The minimum atomic E-state index is 0.288. The van der Waals surface area contributed by atoms with Gasteiger partial charge in [0.15, 0.2) is 5.82 Å². The average molecular weight is 276 g/mol. The van der Waals surface area contributed by atoms with Crippen LogP contribution in [-0.4, -0.2) is 14.8 Å². The zero-order valence-corrected chi connectivity index (χ0v) is 11.6. The highest BCUT2D eigenvalue weighted by Crippen LogP contribution is 2.19. The van der Waals surface area contributed by atoms with Gasteiger partial charge < -0.3 is 5.73 Å². The van der Waals surface area contributed by atoms with E-state index in [1.165, 1.54) is 0 Å². The summed E-state index contributed by atoms with van der Waals surface area (Å²) in [4.78, 5) is 4.32. The molecule has 0 radical (unpaired) electrons. The molecule has 0 bridgehead atoms. The Hall–Kier alpha value is -2.88. The van der Waals surface area contributed by atoms with Gasteiger partial charge in [-0.25, -0.2) is 4.68 Å². The van der Waals surface area contributed by atoms with Crippen LogP contribution in [0.3, 0.4) is 0 Å². The number of aromatic nitrogens is 3. The van der Waals surface area contributed by atoms with E-state index in [0.29, 0.717) is 6.54 Å². The fourth-order valence-corrected chi connectivity index (χ4v) is 2.20. The highest BCUT2D eigenvalue weighted by molar-refractivity contribution is 5.56. The maximum absolute atomic E-state index is 5.76. The van der Waals surface area contributed by atoms with Crippen molar-refractivity contribution in [1.29, 1.82) is 0 Å². The molecule has 2 aromatic carbocycles. The first-order valence-corrected chi connectivity index (χ1v) is 6.73. The highest BCUT2D eigenvalue weighted by Gasteiger charge is 2.10. The predicted octanol–water partition coefficient (Wildman–Crippen LogP) is 3.22. The Morgan fingerprint density at radius 2 is 1.76 bits per heavy atom. The quantitative estimate of drug-likeness (QED) is 0.796. The number of hydrogen-bond donors (Lipinski definition) is 1. The van der Waals surface area contributed by atoms with Crippen molar-refractivity contribution in [2.45, 2.75) is 6.54 Å². The monoisotopic (exact) mass is 276 g/mol. The van der Waals surface area contributed by atoms with Crippen molar-refractivity contribution in [2.24, 2.45) is 0 Å². The first-order valence-electron chi connectivity index (χ1n) is 6.73. The second kappa shape index (κ2) is 5.63. The van der Waals surface area contributed by atoms with Crippen LogP contribution in [0.1, 0.15) is 11.1 Å². The summed E-state index contributed by atoms with van der Waals surface area (Å²) >= 11 is 0. The minimum Gasteiger partial charge on any atom is -0.366 e. The van der Waals surface area contributed by atoms with Crippen LogP contribution in [0.5, 0.6) is 0 Å². The fraction of sp³-hybridized carbons (Fsp3) is 0.0588. The van der Waals surface area contributed by atoms with Gasteiger partial charge in [0.25, 0.3) is 0 Å². The maximum Gasteiger partial charge on any atom is 0.240 e. The molecule has 2 N–H and O–H groups in total. The summed E-state index contributed by atoms with van der Waals surface area (Å²) in [6, 6.07) is 18.1. The maximum atomic E-state index is 5.76. The van der Waals surface area contributed by atoms with Crippen LogP contribution in [0.25, 0.3) is 17.5 Å². The Morgan fingerprint density at radius 1 is 1.05 bits per heavy atom. The molecule has 0 spiro atoms. The van der Waals surface area contributed by atoms with Crippen LogP contribution in [0.2, 0.25) is 0 Å². The van der Waals surface area contributed by atoms with Gasteiger partial charge in [0.05, 0.1) is 6.54 Å². The first-order chi connectivity index (χ1) is 10.3. The summed E-state index contributed by atoms with van der Waals surface area (Å²) in [6.45, 7) is 4.39. The Morgan fingerprint density at radius 3 is 2.43 bits per heavy atom. The van der Waals surface area contributed by atoms with Crippen molar-refractivity contribution >= 4 is 12.0 Å². The molecule has 3 aromatic rings. The summed E-state index contributed by atoms with van der Waals surface area (Å²) in [5.41, 5.74) is 9.00. The van der Waals surface area contributed by atoms with E-state index in [4.69, 9.17) is 5.73 Å². The Kier molecular flexibility index (Phi) is 3.51. The van der Waals surface area contributed by atoms with Gasteiger partial charge in [-0.3, -0.25) is 0 Å². The number of nitrogens with zero attached hydrogens (tertiary/aromatic N) is 3. The van der Waals surface area contributed by atoms with Crippen LogP contribution in [0.4, 0.5) is 5.95 Å². The Bertz CT molecular complexity index is 742. The van der Waals surface area contributed by atoms with Crippen LogP contribution < -0.4 is 5.73 Å². The van der Waals surface area contributed by atoms with E-state index in [2.05, 4.69) is 28.8 Å². The standard InChI is InChI=1S/C17H16N4/c1-2-13-8-10-14(11-9-13)12-21-16(19-17(18)20-21)15-6-4-3-5-7-15/h2-11H,1,12H2,(H2,18,20). The van der Waals surface area contributed by atoms with Gasteiger partial charge in [0.2, 0.25) is 5.95 Å². The molecular weight excluding hydrogens is 260 g/mol. The van der Waals surface area contributed by atoms with Gasteiger partial charge in [-0.15, -0.1) is 5.10 Å². The lowest BCUT2D eigenvalue weighted by Gasteiger charge is -2.06. The molecular formula is C17H16N4. The molecule has 0 aliphatic rings. The van der Waals surface area contributed by atoms with Crippen LogP contribution in [0.15, 0.2) is 61.2 Å². The molecule has 0 aliphatic carbocycles. The van der Waals surface area contributed by atoms with Crippen molar-refractivity contribution in [3.05, 3.63) is 72.3 Å². The lowest BCUT2D eigenvalue weighted by atomic mass is 10.1. The van der Waals surface area contributed by atoms with Crippen LogP contribution >= 0.6 is 0 Å². The van der Waals surface area contributed by atoms with E-state index < -0.39 is 0 Å². The summed E-state index contributed by atoms with van der Waals surface area (Å²) in [6.07, 6.45) is 1.83. The molecule has 0 atom stereocenters. The van der Waals surface area contributed by atoms with Gasteiger partial charge in [-0.2, -0.15) is 4.98 Å². The van der Waals surface area contributed by atoms with Crippen LogP contribution in [-0.2, 0) is 6.54 Å². The van der Waals surface area contributed by atoms with Gasteiger partial charge in [-0.1, -0.05) is 67.3 Å². The third-order valence-corrected chi connectivity index (χ3v) is 3.27. The second-order valence-corrected chi connectivity index (χ2v) is 4.76. The molecule has 4 nitrogen and oxygen atoms in total. The summed E-state index contributed by atoms with van der Waals surface area (Å²) in [5, 5.41) is 4.29. The SMILES string of the molecule is C=Cc1ccc(Cn2nc(N)nc2-c2ccccc2)cc1. The molecule has 4 heteroatoms. The molecule has 0 unspecified atom stereocenters. The largest absolute Gasteiger partial charge is 0.366 e. The number of nitrogens with two attached hydrogens (primary N) is 1. The lowest BCUT2D eigenvalue weighted by molar-refractivity contribution is 0.696. The lowest BCUT2D eigenvalue weighted by Crippen LogP contribution is -2.04. The number of benzene rings is 2. The summed E-state index contributed by atoms with van der Waals surface area (Å²) in [7, 11) is 0. The van der Waals surface area contributed by atoms with Gasteiger partial charge in [0.1, 0.15) is 0 Å². The first kappa shape index (κ1) is 13.1. The van der Waals surface area contributed by atoms with Crippen LogP contribution in [0, 0.1) is 0 Å². The third-order valence-electron chi connectivity index (χ3n) is 3.27. The zero-order valence-electron chi connectivity index (χ0n) is 11.6. The predicted molar refractivity (Wildman–Crippen MR) is 85.5 cm³/mol. The molecule has 0 saturated heterocycles. The van der Waals surface area contributed by atoms with Crippen molar-refractivity contribution in [1.82, 2.24) is 14.8 Å². The summed E-state index contributed by atoms with van der Waals surface area (Å²) < 4.78 is 1.83. The average Bonchev–Trinajstić information content (AvgIpc) is 2.89. The topological polar surface area (TPSA) is 56.7 Å². The van der Waals surface area contributed by atoms with Crippen molar-refractivity contribution in [3.8, 4) is 11.4 Å². The van der Waals surface area contributed by atoms with Gasteiger partial charge in [-0.05, 0) is 11.1 Å². The van der Waals surface area contributed by atoms with Crippen molar-refractivity contribution in [2.75, 3.05) is 5.73 Å². The molecule has 1 aromatic heterocycles. The number of rotatable bonds is 4. The van der Waals surface area contributed by atoms with Gasteiger partial charge in [0, 0.05) is 5.56 Å². The molecule has 0 amide bonds. The molecule has 0 fully saturated rings. The molecule has 1 heterocycles. The van der Waals surface area contributed by atoms with E-state index in [1.54, 1.807) is 0 Å². The molecule has 0 saturated carbocycles. The molecule has 0 aliphatic heterocycles. The highest BCUT2D eigenvalue weighted by atomic mass is 15.4. The van der Waals surface area contributed by atoms with Gasteiger partial charge >= 0.3 is 0 Å². The van der Waals surface area contributed by atoms with E-state index >= 15 is 0 Å². The minimum absolute atomic E-state index is 0.288. The number of anilines is 1. The third kappa shape index (κ3) is 2.84. The second-order valence-electron chi connectivity index (χ2n) is 4.76. The fourth-order valence-electron chi connectivity index (χ4n) is 2.20. The normalized spacial score (nSPS) is 10.5. The Labute approximate surface area is 123 Å². The molecule has 21 heavy (non-hydrogen) atoms. The van der Waals surface area contributed by atoms with Crippen molar-refractivity contribution < 1.29 is 0 Å². The van der Waals surface area contributed by atoms with E-state index in [1.807, 2.05) is 53.2 Å². The van der Waals surface area contributed by atoms with E-state index in [9.17, 15) is 0 Å². The molecule has 104 valence electrons. The van der Waals surface area contributed by atoms with E-state index in [-0.39, 0.29) is 5.95 Å². The number of nitrogen functional groups attached to an aromatic ring is 1. The van der Waals surface area contributed by atoms with Crippen molar-refractivity contribution in [3.63, 3.8) is 0 Å². The smallest absolute Gasteiger partial charge is 0.240 e. The van der Waals surface area contributed by atoms with E-state index in [0.717, 1.165) is 22.5 Å². The Balaban J connectivity index is 1.93. The number of hydrogen-bond acceptors (Lipinski definition) is 3.